The molecule has 8 nitrogen and oxygen atoms in total. The van der Waals surface area contributed by atoms with Crippen molar-refractivity contribution in [1.82, 2.24) is 29.9 Å². The predicted octanol–water partition coefficient (Wildman–Crippen LogP) is 26.6. The summed E-state index contributed by atoms with van der Waals surface area (Å²) in [5.74, 6) is 3.49. The third-order valence-electron chi connectivity index (χ3n) is 20.4. The Hall–Kier alpha value is -13.6. The molecule has 6 aromatic heterocycles. The molecule has 106 heavy (non-hydrogen) atoms. The van der Waals surface area contributed by atoms with Crippen LogP contribution in [0.1, 0.15) is 0 Å². The zero-order chi connectivity index (χ0) is 69.8. The van der Waals surface area contributed by atoms with E-state index >= 15 is 0 Å². The van der Waals surface area contributed by atoms with Gasteiger partial charge in [-0.3, -0.25) is 0 Å². The number of hydrogen-bond donors (Lipinski definition) is 0. The standard InChI is InChI=1S/C96H56N6O2S2/c1-5-23-57(24-6-1)71-39-17-42-74-75-43-19-41-73(90(75)106-89(71)74)72-40-18-44-77-84-68(36-20-45-80(84)103-87(72)77)63-31-15-33-65(53-63)96-101-93(61-29-11-4-12-30-61)98-94(102-96)62-51-49-58(50-52-62)78-55-67(70-38-22-48-83-86(70)76-35-13-14-47-82(76)105-83)56-79-85-69(37-21-46-81(85)104-88(78)79)64-32-16-34-66(54-64)95-99-91(59-25-7-2-8-26-59)97-92(100-95)60-27-9-3-10-28-60/h1-56H. The van der Waals surface area contributed by atoms with Crippen molar-refractivity contribution in [3.05, 3.63) is 340 Å². The van der Waals surface area contributed by atoms with Crippen LogP contribution in [0.3, 0.4) is 0 Å². The number of furan rings is 2. The van der Waals surface area contributed by atoms with Crippen LogP contribution in [-0.2, 0) is 0 Å². The van der Waals surface area contributed by atoms with Crippen LogP contribution in [0.15, 0.2) is 349 Å². The van der Waals surface area contributed by atoms with Crippen LogP contribution in [0.25, 0.3) is 219 Å². The van der Waals surface area contributed by atoms with Gasteiger partial charge in [0, 0.05) is 112 Å². The second-order valence-corrected chi connectivity index (χ2v) is 28.8. The summed E-state index contributed by atoms with van der Waals surface area (Å²) in [6.45, 7) is 0. The predicted molar refractivity (Wildman–Crippen MR) is 439 cm³/mol. The zero-order valence-electron chi connectivity index (χ0n) is 56.6. The first-order valence-corrected chi connectivity index (χ1v) is 37.0. The number of fused-ring (bicyclic) bond motifs is 12. The molecule has 494 valence electrons. The maximum atomic E-state index is 7.20. The minimum absolute atomic E-state index is 0.552. The lowest BCUT2D eigenvalue weighted by Gasteiger charge is -2.12. The lowest BCUT2D eigenvalue weighted by molar-refractivity contribution is 0.669. The second-order valence-electron chi connectivity index (χ2n) is 26.7. The van der Waals surface area contributed by atoms with Gasteiger partial charge in [0.15, 0.2) is 34.9 Å². The number of benzene rings is 15. The molecule has 0 saturated carbocycles. The van der Waals surface area contributed by atoms with Crippen molar-refractivity contribution in [1.29, 1.82) is 0 Å². The highest BCUT2D eigenvalue weighted by molar-refractivity contribution is 7.27. The molecule has 0 N–H and O–H groups in total. The van der Waals surface area contributed by atoms with Gasteiger partial charge in [-0.25, -0.2) is 29.9 Å². The Morgan fingerprint density at radius 1 is 0.189 bits per heavy atom. The molecule has 0 amide bonds. The molecule has 21 aromatic rings. The van der Waals surface area contributed by atoms with Crippen molar-refractivity contribution in [3.63, 3.8) is 0 Å². The van der Waals surface area contributed by atoms with E-state index in [2.05, 4.69) is 261 Å². The molecule has 0 aliphatic rings. The van der Waals surface area contributed by atoms with Crippen molar-refractivity contribution in [2.24, 2.45) is 0 Å². The SMILES string of the molecule is c1ccc(-c2nc(-c3ccccc3)nc(-c3cccc(-c4cccc5oc6c(-c7ccc(-c8nc(-c9ccccc9)nc(-c9cccc(-c%10cccc%11oc%12c(-c%13cccc%14c%13sc%13c(-c%15ccccc%15)cccc%13%14)cccc%12c%10%11)c9)n8)cc7)cc(-c7cccc8sc9ccccc9c78)cc6c45)c3)n2)cc1. The molecule has 0 radical (unpaired) electrons. The Balaban J connectivity index is 0.676. The summed E-state index contributed by atoms with van der Waals surface area (Å²) >= 11 is 3.68. The topological polar surface area (TPSA) is 104 Å². The first kappa shape index (κ1) is 61.1. The fourth-order valence-electron chi connectivity index (χ4n) is 15.5. The van der Waals surface area contributed by atoms with E-state index in [1.165, 1.54) is 51.5 Å². The summed E-state index contributed by atoms with van der Waals surface area (Å²) < 4.78 is 19.2. The highest BCUT2D eigenvalue weighted by Gasteiger charge is 2.25. The number of hydrogen-bond acceptors (Lipinski definition) is 10. The summed E-state index contributed by atoms with van der Waals surface area (Å²) in [5.41, 5.74) is 21.4. The van der Waals surface area contributed by atoms with E-state index in [4.69, 9.17) is 38.7 Å². The summed E-state index contributed by atoms with van der Waals surface area (Å²) in [4.78, 5) is 31.1. The van der Waals surface area contributed by atoms with Crippen LogP contribution in [0.2, 0.25) is 0 Å². The third kappa shape index (κ3) is 10.4. The lowest BCUT2D eigenvalue weighted by Crippen LogP contribution is -2.00. The lowest BCUT2D eigenvalue weighted by atomic mass is 9.91. The van der Waals surface area contributed by atoms with Crippen molar-refractivity contribution in [2.45, 2.75) is 0 Å². The summed E-state index contributed by atoms with van der Waals surface area (Å²) in [6.07, 6.45) is 0. The first-order chi connectivity index (χ1) is 52.5. The quantitative estimate of drug-likeness (QED) is 0.119. The average Bonchev–Trinajstić information content (AvgIpc) is 1.58. The van der Waals surface area contributed by atoms with Crippen molar-refractivity contribution >= 4 is 107 Å². The Morgan fingerprint density at radius 2 is 0.547 bits per heavy atom. The minimum atomic E-state index is 0.552. The Kier molecular flexibility index (Phi) is 14.5. The highest BCUT2D eigenvalue weighted by atomic mass is 32.1. The largest absolute Gasteiger partial charge is 0.455 e. The van der Waals surface area contributed by atoms with Crippen LogP contribution < -0.4 is 0 Å². The normalized spacial score (nSPS) is 11.8. The van der Waals surface area contributed by atoms with Crippen molar-refractivity contribution in [3.8, 4) is 135 Å². The van der Waals surface area contributed by atoms with Gasteiger partial charge in [0.2, 0.25) is 0 Å². The molecule has 15 aromatic carbocycles. The second kappa shape index (κ2) is 25.1. The van der Waals surface area contributed by atoms with Gasteiger partial charge in [-0.05, 0) is 98.6 Å². The molecular formula is C96H56N6O2S2. The van der Waals surface area contributed by atoms with E-state index in [0.717, 1.165) is 133 Å². The van der Waals surface area contributed by atoms with Gasteiger partial charge in [0.25, 0.3) is 0 Å². The van der Waals surface area contributed by atoms with Gasteiger partial charge < -0.3 is 8.83 Å². The van der Waals surface area contributed by atoms with Crippen LogP contribution in [0.5, 0.6) is 0 Å². The molecule has 0 unspecified atom stereocenters. The molecule has 21 rings (SSSR count). The maximum absolute atomic E-state index is 7.20. The number of thiophene rings is 2. The first-order valence-electron chi connectivity index (χ1n) is 35.4. The van der Waals surface area contributed by atoms with Gasteiger partial charge in [0.05, 0.1) is 0 Å². The van der Waals surface area contributed by atoms with E-state index in [1.807, 2.05) is 102 Å². The molecule has 0 saturated heterocycles. The Labute approximate surface area is 616 Å². The van der Waals surface area contributed by atoms with Gasteiger partial charge in [-0.1, -0.05) is 291 Å². The smallest absolute Gasteiger partial charge is 0.164 e. The summed E-state index contributed by atoms with van der Waals surface area (Å²) in [6, 6.07) is 119. The number of para-hydroxylation sites is 1. The van der Waals surface area contributed by atoms with Crippen molar-refractivity contribution < 1.29 is 8.83 Å². The van der Waals surface area contributed by atoms with E-state index < -0.39 is 0 Å². The average molecular weight is 1390 g/mol. The number of aromatic nitrogens is 6. The molecule has 0 bridgehead atoms. The van der Waals surface area contributed by atoms with Gasteiger partial charge >= 0.3 is 0 Å². The Bertz CT molecular complexity index is 7010. The van der Waals surface area contributed by atoms with Gasteiger partial charge in [0.1, 0.15) is 22.3 Å². The van der Waals surface area contributed by atoms with Crippen LogP contribution in [-0.4, -0.2) is 29.9 Å². The van der Waals surface area contributed by atoms with Crippen molar-refractivity contribution in [2.75, 3.05) is 0 Å². The van der Waals surface area contributed by atoms with Crippen LogP contribution >= 0.6 is 22.7 Å². The molecule has 6 heterocycles. The Morgan fingerprint density at radius 3 is 1.11 bits per heavy atom. The minimum Gasteiger partial charge on any atom is -0.455 e. The number of rotatable bonds is 12. The summed E-state index contributed by atoms with van der Waals surface area (Å²) in [5, 5.41) is 9.07. The van der Waals surface area contributed by atoms with E-state index in [1.54, 1.807) is 0 Å². The van der Waals surface area contributed by atoms with Crippen LogP contribution in [0.4, 0.5) is 0 Å². The highest BCUT2D eigenvalue weighted by Crippen LogP contribution is 2.50. The molecule has 0 spiro atoms. The fourth-order valence-corrected chi connectivity index (χ4v) is 18.0. The molecular weight excluding hydrogens is 1330 g/mol. The van der Waals surface area contributed by atoms with E-state index in [9.17, 15) is 0 Å². The molecule has 10 heteroatoms. The van der Waals surface area contributed by atoms with Gasteiger partial charge in [-0.2, -0.15) is 0 Å². The third-order valence-corrected chi connectivity index (χ3v) is 22.8. The molecule has 0 aliphatic heterocycles. The summed E-state index contributed by atoms with van der Waals surface area (Å²) in [7, 11) is 0. The molecule has 0 atom stereocenters. The van der Waals surface area contributed by atoms with E-state index in [-0.39, 0.29) is 0 Å². The monoisotopic (exact) mass is 1390 g/mol. The van der Waals surface area contributed by atoms with Gasteiger partial charge in [-0.15, -0.1) is 22.7 Å². The molecule has 0 fully saturated rings. The molecule has 0 aliphatic carbocycles. The van der Waals surface area contributed by atoms with Crippen LogP contribution in [0, 0.1) is 0 Å². The van der Waals surface area contributed by atoms with E-state index in [0.29, 0.717) is 34.9 Å². The zero-order valence-corrected chi connectivity index (χ0v) is 58.3. The number of nitrogens with zero attached hydrogens (tertiary/aromatic N) is 6. The maximum Gasteiger partial charge on any atom is 0.164 e. The fraction of sp³-hybridized carbons (Fsp3) is 0.